The standard InChI is InChI=1S/C25H44O2S/c1-3-5-7-9-11-12-14-16-18-23(17-15-13-10-8-6-4-2)21-27-25(26)24-19-20-28-22-24/h19-20,22-23H,3-18,21H2,1-2H3. The van der Waals surface area contributed by atoms with Crippen LogP contribution in [0.3, 0.4) is 0 Å². The maximum absolute atomic E-state index is 12.1. The molecule has 1 heterocycles. The summed E-state index contributed by atoms with van der Waals surface area (Å²) >= 11 is 1.55. The van der Waals surface area contributed by atoms with Gasteiger partial charge in [-0.2, -0.15) is 11.3 Å². The summed E-state index contributed by atoms with van der Waals surface area (Å²) in [5, 5.41) is 3.81. The summed E-state index contributed by atoms with van der Waals surface area (Å²) in [6.07, 6.45) is 21.3. The maximum atomic E-state index is 12.1. The molecule has 0 saturated heterocycles. The highest BCUT2D eigenvalue weighted by Crippen LogP contribution is 2.21. The number of carbonyl (C=O) groups excluding carboxylic acids is 1. The fourth-order valence-corrected chi connectivity index (χ4v) is 4.37. The van der Waals surface area contributed by atoms with Gasteiger partial charge in [0.15, 0.2) is 0 Å². The van der Waals surface area contributed by atoms with Crippen LogP contribution in [0.1, 0.15) is 127 Å². The fraction of sp³-hybridized carbons (Fsp3) is 0.800. The molecule has 0 saturated carbocycles. The third-order valence-corrected chi connectivity index (χ3v) is 6.32. The number of esters is 1. The summed E-state index contributed by atoms with van der Waals surface area (Å²) in [4.78, 5) is 12.1. The molecular formula is C25H44O2S. The van der Waals surface area contributed by atoms with Crippen LogP contribution in [-0.4, -0.2) is 12.6 Å². The van der Waals surface area contributed by atoms with Crippen molar-refractivity contribution in [2.45, 2.75) is 117 Å². The first kappa shape index (κ1) is 25.2. The maximum Gasteiger partial charge on any atom is 0.338 e. The van der Waals surface area contributed by atoms with Gasteiger partial charge in [0.2, 0.25) is 0 Å². The normalized spacial score (nSPS) is 12.2. The van der Waals surface area contributed by atoms with Gasteiger partial charge in [0.25, 0.3) is 0 Å². The van der Waals surface area contributed by atoms with Gasteiger partial charge in [-0.25, -0.2) is 4.79 Å². The number of rotatable bonds is 19. The highest BCUT2D eigenvalue weighted by atomic mass is 32.1. The van der Waals surface area contributed by atoms with Crippen LogP contribution in [0.4, 0.5) is 0 Å². The van der Waals surface area contributed by atoms with E-state index in [-0.39, 0.29) is 5.97 Å². The molecule has 1 rings (SSSR count). The van der Waals surface area contributed by atoms with Gasteiger partial charge < -0.3 is 4.74 Å². The lowest BCUT2D eigenvalue weighted by molar-refractivity contribution is 0.0422. The number of unbranched alkanes of at least 4 members (excludes halogenated alkanes) is 12. The van der Waals surface area contributed by atoms with Gasteiger partial charge in [0.05, 0.1) is 12.2 Å². The van der Waals surface area contributed by atoms with Crippen molar-refractivity contribution >= 4 is 17.3 Å². The quantitative estimate of drug-likeness (QED) is 0.169. The lowest BCUT2D eigenvalue weighted by Gasteiger charge is -2.17. The molecular weight excluding hydrogens is 364 g/mol. The van der Waals surface area contributed by atoms with E-state index in [1.807, 2.05) is 16.8 Å². The zero-order chi connectivity index (χ0) is 20.3. The fourth-order valence-electron chi connectivity index (χ4n) is 3.75. The molecule has 3 heteroatoms. The SMILES string of the molecule is CCCCCCCCCCC(CCCCCCCC)COC(=O)c1ccsc1. The average molecular weight is 409 g/mol. The molecule has 1 aromatic heterocycles. The van der Waals surface area contributed by atoms with Crippen molar-refractivity contribution < 1.29 is 9.53 Å². The molecule has 0 spiro atoms. The van der Waals surface area contributed by atoms with Crippen molar-refractivity contribution in [3.63, 3.8) is 0 Å². The van der Waals surface area contributed by atoms with Gasteiger partial charge in [-0.1, -0.05) is 104 Å². The van der Waals surface area contributed by atoms with Crippen LogP contribution in [0, 0.1) is 5.92 Å². The van der Waals surface area contributed by atoms with E-state index in [9.17, 15) is 4.79 Å². The third-order valence-electron chi connectivity index (χ3n) is 5.64. The topological polar surface area (TPSA) is 26.3 Å². The van der Waals surface area contributed by atoms with Gasteiger partial charge in [-0.15, -0.1) is 0 Å². The van der Waals surface area contributed by atoms with Crippen LogP contribution in [0.15, 0.2) is 16.8 Å². The van der Waals surface area contributed by atoms with E-state index in [0.29, 0.717) is 18.1 Å². The molecule has 0 aliphatic carbocycles. The molecule has 162 valence electrons. The summed E-state index contributed by atoms with van der Waals surface area (Å²) in [5.41, 5.74) is 0.704. The van der Waals surface area contributed by atoms with Gasteiger partial charge in [0.1, 0.15) is 0 Å². The predicted molar refractivity (Wildman–Crippen MR) is 123 cm³/mol. The van der Waals surface area contributed by atoms with E-state index in [1.54, 1.807) is 11.3 Å². The minimum atomic E-state index is -0.148. The summed E-state index contributed by atoms with van der Waals surface area (Å²) < 4.78 is 5.63. The summed E-state index contributed by atoms with van der Waals surface area (Å²) in [7, 11) is 0. The summed E-state index contributed by atoms with van der Waals surface area (Å²) in [6.45, 7) is 5.14. The minimum Gasteiger partial charge on any atom is -0.462 e. The van der Waals surface area contributed by atoms with Gasteiger partial charge >= 0.3 is 5.97 Å². The molecule has 1 atom stereocenters. The Kier molecular flexibility index (Phi) is 16.4. The molecule has 0 fully saturated rings. The Morgan fingerprint density at radius 3 is 1.79 bits per heavy atom. The number of hydrogen-bond donors (Lipinski definition) is 0. The highest BCUT2D eigenvalue weighted by molar-refractivity contribution is 7.08. The van der Waals surface area contributed by atoms with Crippen LogP contribution in [-0.2, 0) is 4.74 Å². The van der Waals surface area contributed by atoms with Crippen molar-refractivity contribution in [3.8, 4) is 0 Å². The minimum absolute atomic E-state index is 0.148. The van der Waals surface area contributed by atoms with E-state index in [2.05, 4.69) is 13.8 Å². The van der Waals surface area contributed by atoms with Crippen molar-refractivity contribution in [2.75, 3.05) is 6.61 Å². The van der Waals surface area contributed by atoms with Gasteiger partial charge in [0, 0.05) is 5.38 Å². The van der Waals surface area contributed by atoms with Crippen LogP contribution >= 0.6 is 11.3 Å². The number of thiophene rings is 1. The lowest BCUT2D eigenvalue weighted by Crippen LogP contribution is -2.14. The second-order valence-corrected chi connectivity index (χ2v) is 9.08. The summed E-state index contributed by atoms with van der Waals surface area (Å²) in [6, 6.07) is 1.86. The Hall–Kier alpha value is -0.830. The molecule has 1 unspecified atom stereocenters. The zero-order valence-electron chi connectivity index (χ0n) is 18.6. The van der Waals surface area contributed by atoms with E-state index < -0.39 is 0 Å². The Labute approximate surface area is 178 Å². The largest absolute Gasteiger partial charge is 0.462 e. The molecule has 0 aliphatic heterocycles. The van der Waals surface area contributed by atoms with Crippen LogP contribution in [0.2, 0.25) is 0 Å². The molecule has 0 N–H and O–H groups in total. The zero-order valence-corrected chi connectivity index (χ0v) is 19.4. The highest BCUT2D eigenvalue weighted by Gasteiger charge is 2.13. The monoisotopic (exact) mass is 408 g/mol. The van der Waals surface area contributed by atoms with E-state index in [1.165, 1.54) is 103 Å². The molecule has 0 amide bonds. The van der Waals surface area contributed by atoms with Crippen LogP contribution in [0.25, 0.3) is 0 Å². The molecule has 0 bridgehead atoms. The Bertz CT molecular complexity index is 455. The van der Waals surface area contributed by atoms with Crippen molar-refractivity contribution in [1.82, 2.24) is 0 Å². The molecule has 0 aromatic carbocycles. The molecule has 2 nitrogen and oxygen atoms in total. The predicted octanol–water partition coefficient (Wildman–Crippen LogP) is 8.80. The second-order valence-electron chi connectivity index (χ2n) is 8.30. The van der Waals surface area contributed by atoms with Crippen molar-refractivity contribution in [3.05, 3.63) is 22.4 Å². The molecule has 0 aliphatic rings. The van der Waals surface area contributed by atoms with E-state index in [4.69, 9.17) is 4.74 Å². The summed E-state index contributed by atoms with van der Waals surface area (Å²) in [5.74, 6) is 0.388. The molecule has 28 heavy (non-hydrogen) atoms. The van der Waals surface area contributed by atoms with Crippen molar-refractivity contribution in [2.24, 2.45) is 5.92 Å². The van der Waals surface area contributed by atoms with Gasteiger partial charge in [-0.3, -0.25) is 0 Å². The van der Waals surface area contributed by atoms with Crippen molar-refractivity contribution in [1.29, 1.82) is 0 Å². The second kappa shape index (κ2) is 18.2. The molecule has 0 radical (unpaired) electrons. The first-order valence-electron chi connectivity index (χ1n) is 12.0. The van der Waals surface area contributed by atoms with Crippen LogP contribution < -0.4 is 0 Å². The number of hydrogen-bond acceptors (Lipinski definition) is 3. The first-order chi connectivity index (χ1) is 13.8. The third kappa shape index (κ3) is 13.4. The van der Waals surface area contributed by atoms with E-state index >= 15 is 0 Å². The lowest BCUT2D eigenvalue weighted by atomic mass is 9.94. The average Bonchev–Trinajstić information content (AvgIpc) is 3.24. The molecule has 1 aromatic rings. The Morgan fingerprint density at radius 2 is 1.32 bits per heavy atom. The Morgan fingerprint density at radius 1 is 0.821 bits per heavy atom. The Balaban J connectivity index is 2.22. The van der Waals surface area contributed by atoms with E-state index in [0.717, 1.165) is 0 Å². The first-order valence-corrected chi connectivity index (χ1v) is 12.9. The van der Waals surface area contributed by atoms with Gasteiger partial charge in [-0.05, 0) is 30.2 Å². The smallest absolute Gasteiger partial charge is 0.338 e. The number of ether oxygens (including phenoxy) is 1. The number of carbonyl (C=O) groups is 1. The van der Waals surface area contributed by atoms with Crippen LogP contribution in [0.5, 0.6) is 0 Å².